The van der Waals surface area contributed by atoms with E-state index in [0.29, 0.717) is 30.2 Å². The average Bonchev–Trinajstić information content (AvgIpc) is 2.43. The molecule has 1 aromatic rings. The number of ether oxygens (including phenoxy) is 3. The Bertz CT molecular complexity index is 393. The van der Waals surface area contributed by atoms with Gasteiger partial charge in [0.1, 0.15) is 0 Å². The third-order valence-electron chi connectivity index (χ3n) is 3.10. The summed E-state index contributed by atoms with van der Waals surface area (Å²) in [6.07, 6.45) is 0.671. The van der Waals surface area contributed by atoms with Gasteiger partial charge in [0.2, 0.25) is 5.75 Å². The highest BCUT2D eigenvalue weighted by atomic mass is 16.5. The number of anilines is 1. The molecule has 1 atom stereocenters. The molecule has 1 rings (SSSR count). The lowest BCUT2D eigenvalue weighted by atomic mass is 10.0. The predicted octanol–water partition coefficient (Wildman–Crippen LogP) is 2.29. The zero-order chi connectivity index (χ0) is 14.5. The largest absolute Gasteiger partial charge is 0.493 e. The topological polar surface area (TPSA) is 60.0 Å². The Labute approximate surface area is 114 Å². The van der Waals surface area contributed by atoms with Crippen LogP contribution in [0.1, 0.15) is 20.3 Å². The monoisotopic (exact) mass is 269 g/mol. The summed E-state index contributed by atoms with van der Waals surface area (Å²) in [5.74, 6) is 1.72. The second kappa shape index (κ2) is 6.52. The third-order valence-corrected chi connectivity index (χ3v) is 3.10. The van der Waals surface area contributed by atoms with Crippen LogP contribution in [0.25, 0.3) is 0 Å². The summed E-state index contributed by atoms with van der Waals surface area (Å²) in [7, 11) is 4.71. The highest BCUT2D eigenvalue weighted by Gasteiger charge is 2.18. The SMILES string of the molecule is CCC(C)(O)CNc1cc(OC)c(OC)c(OC)c1. The minimum absolute atomic E-state index is 0.447. The van der Waals surface area contributed by atoms with E-state index in [2.05, 4.69) is 5.32 Å². The Hall–Kier alpha value is -1.62. The standard InChI is InChI=1S/C14H23NO4/c1-6-14(2,16)9-15-10-7-11(17-3)13(19-5)12(8-10)18-4/h7-8,15-16H,6,9H2,1-5H3. The number of rotatable bonds is 7. The molecule has 0 heterocycles. The normalized spacial score (nSPS) is 13.6. The molecule has 0 aliphatic heterocycles. The molecule has 2 N–H and O–H groups in total. The van der Waals surface area contributed by atoms with Crippen molar-refractivity contribution in [1.29, 1.82) is 0 Å². The van der Waals surface area contributed by atoms with E-state index in [9.17, 15) is 5.11 Å². The highest BCUT2D eigenvalue weighted by Crippen LogP contribution is 2.39. The van der Waals surface area contributed by atoms with Crippen molar-refractivity contribution in [3.05, 3.63) is 12.1 Å². The number of nitrogens with one attached hydrogen (secondary N) is 1. The summed E-state index contributed by atoms with van der Waals surface area (Å²) in [5.41, 5.74) is 0.0589. The van der Waals surface area contributed by atoms with Crippen molar-refractivity contribution < 1.29 is 19.3 Å². The molecular formula is C14H23NO4. The smallest absolute Gasteiger partial charge is 0.203 e. The van der Waals surface area contributed by atoms with E-state index in [4.69, 9.17) is 14.2 Å². The van der Waals surface area contributed by atoms with Crippen molar-refractivity contribution in [2.45, 2.75) is 25.9 Å². The van der Waals surface area contributed by atoms with Gasteiger partial charge in [0.25, 0.3) is 0 Å². The van der Waals surface area contributed by atoms with Crippen molar-refractivity contribution in [1.82, 2.24) is 0 Å². The van der Waals surface area contributed by atoms with Crippen LogP contribution in [0.15, 0.2) is 12.1 Å². The Morgan fingerprint density at radius 2 is 1.63 bits per heavy atom. The van der Waals surface area contributed by atoms with Crippen LogP contribution in [0.5, 0.6) is 17.2 Å². The Morgan fingerprint density at radius 1 is 1.11 bits per heavy atom. The van der Waals surface area contributed by atoms with Gasteiger partial charge in [-0.25, -0.2) is 0 Å². The summed E-state index contributed by atoms with van der Waals surface area (Å²) < 4.78 is 15.8. The van der Waals surface area contributed by atoms with Gasteiger partial charge in [-0.2, -0.15) is 0 Å². The number of hydrogen-bond donors (Lipinski definition) is 2. The van der Waals surface area contributed by atoms with Gasteiger partial charge in [0.05, 0.1) is 26.9 Å². The van der Waals surface area contributed by atoms with Crippen LogP contribution in [-0.4, -0.2) is 38.6 Å². The summed E-state index contributed by atoms with van der Waals surface area (Å²) in [5, 5.41) is 13.2. The van der Waals surface area contributed by atoms with Crippen molar-refractivity contribution in [2.24, 2.45) is 0 Å². The molecule has 0 spiro atoms. The van der Waals surface area contributed by atoms with E-state index in [0.717, 1.165) is 5.69 Å². The highest BCUT2D eigenvalue weighted by molar-refractivity contribution is 5.62. The fraction of sp³-hybridized carbons (Fsp3) is 0.571. The maximum Gasteiger partial charge on any atom is 0.203 e. The molecule has 0 aromatic heterocycles. The van der Waals surface area contributed by atoms with Gasteiger partial charge >= 0.3 is 0 Å². The molecule has 0 saturated carbocycles. The molecule has 1 aromatic carbocycles. The van der Waals surface area contributed by atoms with Crippen LogP contribution in [0.4, 0.5) is 5.69 Å². The van der Waals surface area contributed by atoms with Crippen molar-refractivity contribution in [2.75, 3.05) is 33.2 Å². The van der Waals surface area contributed by atoms with Gasteiger partial charge in [-0.3, -0.25) is 0 Å². The first-order chi connectivity index (χ1) is 8.97. The van der Waals surface area contributed by atoms with Crippen LogP contribution in [-0.2, 0) is 0 Å². The summed E-state index contributed by atoms with van der Waals surface area (Å²) >= 11 is 0. The molecule has 0 amide bonds. The van der Waals surface area contributed by atoms with Gasteiger partial charge in [-0.05, 0) is 13.3 Å². The molecule has 0 fully saturated rings. The van der Waals surface area contributed by atoms with E-state index in [-0.39, 0.29) is 0 Å². The van der Waals surface area contributed by atoms with Crippen molar-refractivity contribution >= 4 is 5.69 Å². The van der Waals surface area contributed by atoms with Crippen LogP contribution >= 0.6 is 0 Å². The van der Waals surface area contributed by atoms with Gasteiger partial charge in [-0.15, -0.1) is 0 Å². The summed E-state index contributed by atoms with van der Waals surface area (Å²) in [6.45, 7) is 4.18. The number of hydrogen-bond acceptors (Lipinski definition) is 5. The lowest BCUT2D eigenvalue weighted by molar-refractivity contribution is 0.0697. The molecule has 108 valence electrons. The maximum atomic E-state index is 9.99. The van der Waals surface area contributed by atoms with Crippen LogP contribution < -0.4 is 19.5 Å². The maximum absolute atomic E-state index is 9.99. The fourth-order valence-electron chi connectivity index (χ4n) is 1.60. The Morgan fingerprint density at radius 3 is 2.00 bits per heavy atom. The minimum Gasteiger partial charge on any atom is -0.493 e. The fourth-order valence-corrected chi connectivity index (χ4v) is 1.60. The average molecular weight is 269 g/mol. The zero-order valence-corrected chi connectivity index (χ0v) is 12.2. The van der Waals surface area contributed by atoms with E-state index >= 15 is 0 Å². The second-order valence-electron chi connectivity index (χ2n) is 4.62. The van der Waals surface area contributed by atoms with Crippen LogP contribution in [0.3, 0.4) is 0 Å². The first kappa shape index (κ1) is 15.4. The molecule has 0 saturated heterocycles. The zero-order valence-electron chi connectivity index (χ0n) is 12.2. The molecule has 0 aliphatic rings. The van der Waals surface area contributed by atoms with Crippen LogP contribution in [0.2, 0.25) is 0 Å². The first-order valence-electron chi connectivity index (χ1n) is 6.23. The predicted molar refractivity (Wildman–Crippen MR) is 75.5 cm³/mol. The second-order valence-corrected chi connectivity index (χ2v) is 4.62. The Balaban J connectivity index is 2.97. The van der Waals surface area contributed by atoms with Crippen molar-refractivity contribution in [3.8, 4) is 17.2 Å². The molecule has 0 aliphatic carbocycles. The molecule has 5 heteroatoms. The molecule has 5 nitrogen and oxygen atoms in total. The van der Waals surface area contributed by atoms with E-state index in [1.807, 2.05) is 19.1 Å². The number of methoxy groups -OCH3 is 3. The number of benzene rings is 1. The minimum atomic E-state index is -0.750. The lowest BCUT2D eigenvalue weighted by Gasteiger charge is -2.23. The summed E-state index contributed by atoms with van der Waals surface area (Å²) in [6, 6.07) is 3.63. The van der Waals surface area contributed by atoms with E-state index in [1.165, 1.54) is 0 Å². The third kappa shape index (κ3) is 3.92. The summed E-state index contributed by atoms with van der Waals surface area (Å²) in [4.78, 5) is 0. The van der Waals surface area contributed by atoms with Crippen LogP contribution in [0, 0.1) is 0 Å². The molecule has 19 heavy (non-hydrogen) atoms. The van der Waals surface area contributed by atoms with E-state index in [1.54, 1.807) is 28.3 Å². The van der Waals surface area contributed by atoms with Gasteiger partial charge in [-0.1, -0.05) is 6.92 Å². The van der Waals surface area contributed by atoms with Gasteiger partial charge < -0.3 is 24.6 Å². The molecule has 0 bridgehead atoms. The molecule has 1 unspecified atom stereocenters. The quantitative estimate of drug-likeness (QED) is 0.795. The van der Waals surface area contributed by atoms with Gasteiger partial charge in [0, 0.05) is 24.4 Å². The number of aliphatic hydroxyl groups is 1. The van der Waals surface area contributed by atoms with E-state index < -0.39 is 5.60 Å². The Kier molecular flexibility index (Phi) is 5.30. The van der Waals surface area contributed by atoms with Crippen molar-refractivity contribution in [3.63, 3.8) is 0 Å². The lowest BCUT2D eigenvalue weighted by Crippen LogP contribution is -2.32. The molecule has 0 radical (unpaired) electrons. The first-order valence-corrected chi connectivity index (χ1v) is 6.23. The van der Waals surface area contributed by atoms with Gasteiger partial charge in [0.15, 0.2) is 11.5 Å². The molecular weight excluding hydrogens is 246 g/mol.